The van der Waals surface area contributed by atoms with Gasteiger partial charge in [-0.2, -0.15) is 0 Å². The molecule has 3 aromatic carbocycles. The predicted octanol–water partition coefficient (Wildman–Crippen LogP) is 5.16. The first-order valence-corrected chi connectivity index (χ1v) is 9.61. The molecule has 0 saturated carbocycles. The van der Waals surface area contributed by atoms with Gasteiger partial charge in [0.2, 0.25) is 11.7 Å². The van der Waals surface area contributed by atoms with Gasteiger partial charge in [0.1, 0.15) is 11.3 Å². The summed E-state index contributed by atoms with van der Waals surface area (Å²) in [5, 5.41) is 3.74. The molecule has 0 atom stereocenters. The second-order valence-electron chi connectivity index (χ2n) is 7.04. The molecule has 0 aliphatic carbocycles. The standard InChI is InChI=1S/C25H21NO4/c1-16-21-13-10-19(26-23(27)14-17-8-11-20(29-2)12-9-17)15-22(21)30-25(16)24(28)18-6-4-3-5-7-18/h3-13,15H,14H2,1-2H3,(H,26,27). The minimum atomic E-state index is -0.158. The Labute approximate surface area is 174 Å². The van der Waals surface area contributed by atoms with Crippen molar-refractivity contribution in [2.75, 3.05) is 12.4 Å². The number of fused-ring (bicyclic) bond motifs is 1. The summed E-state index contributed by atoms with van der Waals surface area (Å²) in [6.45, 7) is 1.87. The van der Waals surface area contributed by atoms with Gasteiger partial charge in [-0.3, -0.25) is 9.59 Å². The van der Waals surface area contributed by atoms with Gasteiger partial charge < -0.3 is 14.5 Å². The van der Waals surface area contributed by atoms with Crippen LogP contribution in [0.1, 0.15) is 27.2 Å². The van der Waals surface area contributed by atoms with Crippen LogP contribution < -0.4 is 10.1 Å². The summed E-state index contributed by atoms with van der Waals surface area (Å²) < 4.78 is 11.0. The second kappa shape index (κ2) is 8.25. The molecule has 0 aliphatic heterocycles. The number of methoxy groups -OCH3 is 1. The lowest BCUT2D eigenvalue weighted by Gasteiger charge is -2.06. The fraction of sp³-hybridized carbons (Fsp3) is 0.120. The number of furan rings is 1. The van der Waals surface area contributed by atoms with Crippen molar-refractivity contribution >= 4 is 28.3 Å². The Bertz CT molecular complexity index is 1210. The Balaban J connectivity index is 1.53. The van der Waals surface area contributed by atoms with Gasteiger partial charge in [0.15, 0.2) is 5.76 Å². The van der Waals surface area contributed by atoms with Crippen LogP contribution in [-0.2, 0) is 11.2 Å². The van der Waals surface area contributed by atoms with E-state index in [2.05, 4.69) is 5.32 Å². The molecule has 1 amide bonds. The van der Waals surface area contributed by atoms with Crippen LogP contribution in [0.4, 0.5) is 5.69 Å². The molecule has 0 saturated heterocycles. The Kier molecular flexibility index (Phi) is 5.35. The lowest BCUT2D eigenvalue weighted by atomic mass is 10.0. The van der Waals surface area contributed by atoms with E-state index in [-0.39, 0.29) is 18.1 Å². The number of amides is 1. The summed E-state index contributed by atoms with van der Waals surface area (Å²) in [5.41, 5.74) is 3.43. The molecule has 0 unspecified atom stereocenters. The molecule has 0 aliphatic rings. The van der Waals surface area contributed by atoms with Crippen LogP contribution in [0.15, 0.2) is 77.2 Å². The van der Waals surface area contributed by atoms with Crippen molar-refractivity contribution < 1.29 is 18.7 Å². The number of hydrogen-bond donors (Lipinski definition) is 1. The molecule has 0 bridgehead atoms. The molecule has 5 nitrogen and oxygen atoms in total. The van der Waals surface area contributed by atoms with Gasteiger partial charge in [-0.05, 0) is 36.8 Å². The summed E-state index contributed by atoms with van der Waals surface area (Å²) in [6, 6.07) is 21.8. The van der Waals surface area contributed by atoms with E-state index in [0.29, 0.717) is 22.6 Å². The topological polar surface area (TPSA) is 68.5 Å². The van der Waals surface area contributed by atoms with Gasteiger partial charge in [-0.1, -0.05) is 42.5 Å². The van der Waals surface area contributed by atoms with Gasteiger partial charge in [-0.25, -0.2) is 0 Å². The fourth-order valence-corrected chi connectivity index (χ4v) is 3.37. The molecular weight excluding hydrogens is 378 g/mol. The van der Waals surface area contributed by atoms with Crippen LogP contribution in [0.2, 0.25) is 0 Å². The maximum absolute atomic E-state index is 12.8. The lowest BCUT2D eigenvalue weighted by molar-refractivity contribution is -0.115. The predicted molar refractivity (Wildman–Crippen MR) is 116 cm³/mol. The molecule has 5 heteroatoms. The molecular formula is C25H21NO4. The highest BCUT2D eigenvalue weighted by Crippen LogP contribution is 2.29. The zero-order chi connectivity index (χ0) is 21.1. The number of benzene rings is 3. The first-order valence-electron chi connectivity index (χ1n) is 9.61. The van der Waals surface area contributed by atoms with Gasteiger partial charge in [0, 0.05) is 28.3 Å². The number of ether oxygens (including phenoxy) is 1. The zero-order valence-corrected chi connectivity index (χ0v) is 16.8. The van der Waals surface area contributed by atoms with E-state index in [4.69, 9.17) is 9.15 Å². The highest BCUT2D eigenvalue weighted by molar-refractivity contribution is 6.10. The van der Waals surface area contributed by atoms with Crippen LogP contribution >= 0.6 is 0 Å². The van der Waals surface area contributed by atoms with Crippen LogP contribution in [0.5, 0.6) is 5.75 Å². The van der Waals surface area contributed by atoms with E-state index >= 15 is 0 Å². The number of hydrogen-bond acceptors (Lipinski definition) is 4. The largest absolute Gasteiger partial charge is 0.497 e. The third kappa shape index (κ3) is 3.96. The zero-order valence-electron chi connectivity index (χ0n) is 16.8. The summed E-state index contributed by atoms with van der Waals surface area (Å²) in [6.07, 6.45) is 0.247. The molecule has 4 aromatic rings. The van der Waals surface area contributed by atoms with E-state index < -0.39 is 0 Å². The first kappa shape index (κ1) is 19.5. The minimum absolute atomic E-state index is 0.136. The van der Waals surface area contributed by atoms with Crippen LogP contribution in [0.3, 0.4) is 0 Å². The number of anilines is 1. The first-order chi connectivity index (χ1) is 14.5. The van der Waals surface area contributed by atoms with Crippen molar-refractivity contribution in [3.05, 3.63) is 95.2 Å². The normalized spacial score (nSPS) is 10.7. The van der Waals surface area contributed by atoms with E-state index in [0.717, 1.165) is 22.3 Å². The highest BCUT2D eigenvalue weighted by atomic mass is 16.5. The molecule has 0 fully saturated rings. The van der Waals surface area contributed by atoms with E-state index in [1.165, 1.54) is 0 Å². The fourth-order valence-electron chi connectivity index (χ4n) is 3.37. The molecule has 150 valence electrons. The van der Waals surface area contributed by atoms with Gasteiger partial charge in [0.05, 0.1) is 13.5 Å². The van der Waals surface area contributed by atoms with Crippen molar-refractivity contribution in [1.82, 2.24) is 0 Å². The summed E-state index contributed by atoms with van der Waals surface area (Å²) >= 11 is 0. The second-order valence-corrected chi connectivity index (χ2v) is 7.04. The third-order valence-electron chi connectivity index (χ3n) is 4.99. The number of carbonyl (C=O) groups excluding carboxylic acids is 2. The van der Waals surface area contributed by atoms with Crippen molar-refractivity contribution in [3.8, 4) is 5.75 Å². The van der Waals surface area contributed by atoms with Gasteiger partial charge in [-0.15, -0.1) is 0 Å². The Hall–Kier alpha value is -3.86. The highest BCUT2D eigenvalue weighted by Gasteiger charge is 2.19. The summed E-state index contributed by atoms with van der Waals surface area (Å²) in [4.78, 5) is 25.2. The molecule has 0 spiro atoms. The minimum Gasteiger partial charge on any atom is -0.497 e. The van der Waals surface area contributed by atoms with Crippen molar-refractivity contribution in [2.24, 2.45) is 0 Å². The lowest BCUT2D eigenvalue weighted by Crippen LogP contribution is -2.14. The maximum Gasteiger partial charge on any atom is 0.228 e. The average Bonchev–Trinajstić information content (AvgIpc) is 3.10. The molecule has 30 heavy (non-hydrogen) atoms. The molecule has 1 N–H and O–H groups in total. The Morgan fingerprint density at radius 2 is 1.70 bits per heavy atom. The molecule has 1 heterocycles. The summed E-state index contributed by atoms with van der Waals surface area (Å²) in [5.74, 6) is 0.773. The Morgan fingerprint density at radius 3 is 2.40 bits per heavy atom. The van der Waals surface area contributed by atoms with E-state index in [1.54, 1.807) is 25.3 Å². The SMILES string of the molecule is COc1ccc(CC(=O)Nc2ccc3c(C)c(C(=O)c4ccccc4)oc3c2)cc1. The molecule has 4 rings (SSSR count). The van der Waals surface area contributed by atoms with Crippen molar-refractivity contribution in [3.63, 3.8) is 0 Å². The maximum atomic E-state index is 12.8. The number of nitrogens with one attached hydrogen (secondary N) is 1. The number of aryl methyl sites for hydroxylation is 1. The van der Waals surface area contributed by atoms with Gasteiger partial charge >= 0.3 is 0 Å². The third-order valence-corrected chi connectivity index (χ3v) is 4.99. The van der Waals surface area contributed by atoms with Crippen LogP contribution in [-0.4, -0.2) is 18.8 Å². The van der Waals surface area contributed by atoms with Crippen LogP contribution in [0.25, 0.3) is 11.0 Å². The monoisotopic (exact) mass is 399 g/mol. The van der Waals surface area contributed by atoms with Crippen molar-refractivity contribution in [2.45, 2.75) is 13.3 Å². The number of ketones is 1. The summed E-state index contributed by atoms with van der Waals surface area (Å²) in [7, 11) is 1.60. The molecule has 0 radical (unpaired) electrons. The van der Waals surface area contributed by atoms with E-state index in [1.807, 2.05) is 61.5 Å². The average molecular weight is 399 g/mol. The number of rotatable bonds is 6. The molecule has 1 aromatic heterocycles. The Morgan fingerprint density at radius 1 is 0.967 bits per heavy atom. The van der Waals surface area contributed by atoms with Crippen molar-refractivity contribution in [1.29, 1.82) is 0 Å². The van der Waals surface area contributed by atoms with E-state index in [9.17, 15) is 9.59 Å². The van der Waals surface area contributed by atoms with Crippen LogP contribution in [0, 0.1) is 6.92 Å². The number of carbonyl (C=O) groups is 2. The van der Waals surface area contributed by atoms with Gasteiger partial charge in [0.25, 0.3) is 0 Å². The quantitative estimate of drug-likeness (QED) is 0.455. The smallest absolute Gasteiger partial charge is 0.228 e.